The first-order valence-electron chi connectivity index (χ1n) is 8.18. The molecule has 1 fully saturated rings. The minimum atomic E-state index is -0.409. The predicted octanol–water partition coefficient (Wildman–Crippen LogP) is 2.13. The molecule has 1 saturated heterocycles. The Kier molecular flexibility index (Phi) is 5.36. The maximum absolute atomic E-state index is 13.3. The first-order chi connectivity index (χ1) is 12.6. The molecule has 1 atom stereocenters. The smallest absolute Gasteiger partial charge is 0.258 e. The lowest BCUT2D eigenvalue weighted by atomic mass is 10.2. The lowest BCUT2D eigenvalue weighted by molar-refractivity contribution is -0.123. The molecule has 6 nitrogen and oxygen atoms in total. The van der Waals surface area contributed by atoms with Gasteiger partial charge in [0.25, 0.3) is 5.91 Å². The Morgan fingerprint density at radius 1 is 1.23 bits per heavy atom. The summed E-state index contributed by atoms with van der Waals surface area (Å²) in [6.45, 7) is 0.105. The molecule has 3 rings (SSSR count). The summed E-state index contributed by atoms with van der Waals surface area (Å²) in [5.74, 6) is 0.0944. The minimum absolute atomic E-state index is 0.161. The van der Waals surface area contributed by atoms with Gasteiger partial charge in [0.05, 0.1) is 13.2 Å². The summed E-state index contributed by atoms with van der Waals surface area (Å²) in [6, 6.07) is 12.5. The maximum Gasteiger partial charge on any atom is 0.258 e. The molecule has 2 amide bonds. The van der Waals surface area contributed by atoms with Gasteiger partial charge in [0.1, 0.15) is 5.82 Å². The van der Waals surface area contributed by atoms with Gasteiger partial charge in [-0.3, -0.25) is 9.59 Å². The maximum atomic E-state index is 13.3. The van der Waals surface area contributed by atoms with Crippen LogP contribution in [0.1, 0.15) is 6.42 Å². The number of halogens is 1. The van der Waals surface area contributed by atoms with Crippen molar-refractivity contribution in [2.24, 2.45) is 0 Å². The van der Waals surface area contributed by atoms with Gasteiger partial charge in [-0.15, -0.1) is 0 Å². The summed E-state index contributed by atoms with van der Waals surface area (Å²) in [6.07, 6.45) is 0.164. The molecule has 0 saturated carbocycles. The van der Waals surface area contributed by atoms with Crippen molar-refractivity contribution < 1.29 is 23.5 Å². The van der Waals surface area contributed by atoms with Crippen LogP contribution in [0.2, 0.25) is 0 Å². The Labute approximate surface area is 150 Å². The molecular weight excluding hydrogens is 339 g/mol. The highest BCUT2D eigenvalue weighted by molar-refractivity contribution is 5.96. The van der Waals surface area contributed by atoms with Crippen molar-refractivity contribution in [1.82, 2.24) is 5.32 Å². The number of benzene rings is 2. The van der Waals surface area contributed by atoms with Crippen LogP contribution >= 0.6 is 0 Å². The topological polar surface area (TPSA) is 67.9 Å². The average molecular weight is 358 g/mol. The van der Waals surface area contributed by atoms with Crippen LogP contribution in [0.5, 0.6) is 11.5 Å². The number of amides is 2. The molecular formula is C19H19FN2O4. The summed E-state index contributed by atoms with van der Waals surface area (Å²) < 4.78 is 24.0. The molecule has 0 unspecified atom stereocenters. The lowest BCUT2D eigenvalue weighted by Gasteiger charge is -2.17. The minimum Gasteiger partial charge on any atom is -0.493 e. The Bertz CT molecular complexity index is 812. The van der Waals surface area contributed by atoms with Crippen LogP contribution < -0.4 is 19.7 Å². The molecule has 0 radical (unpaired) electrons. The van der Waals surface area contributed by atoms with Gasteiger partial charge in [0.2, 0.25) is 5.91 Å². The molecule has 1 N–H and O–H groups in total. The molecule has 2 aromatic rings. The third kappa shape index (κ3) is 4.11. The van der Waals surface area contributed by atoms with Gasteiger partial charge >= 0.3 is 0 Å². The molecule has 1 heterocycles. The molecule has 26 heavy (non-hydrogen) atoms. The molecule has 136 valence electrons. The Balaban J connectivity index is 1.54. The van der Waals surface area contributed by atoms with Crippen molar-refractivity contribution in [2.45, 2.75) is 12.5 Å². The van der Waals surface area contributed by atoms with E-state index in [-0.39, 0.29) is 30.9 Å². The van der Waals surface area contributed by atoms with Crippen molar-refractivity contribution in [3.05, 3.63) is 54.3 Å². The molecule has 2 aromatic carbocycles. The van der Waals surface area contributed by atoms with E-state index >= 15 is 0 Å². The molecule has 0 aromatic heterocycles. The van der Waals surface area contributed by atoms with E-state index in [1.165, 1.54) is 24.1 Å². The summed E-state index contributed by atoms with van der Waals surface area (Å²) in [5.41, 5.74) is 0.483. The number of hydrogen-bond acceptors (Lipinski definition) is 4. The van der Waals surface area contributed by atoms with Gasteiger partial charge in [-0.1, -0.05) is 18.2 Å². The highest BCUT2D eigenvalue weighted by atomic mass is 19.1. The number of hydrogen-bond donors (Lipinski definition) is 1. The Hall–Kier alpha value is -3.09. The Morgan fingerprint density at radius 3 is 2.73 bits per heavy atom. The fourth-order valence-corrected chi connectivity index (χ4v) is 2.85. The molecule has 0 aliphatic carbocycles. The monoisotopic (exact) mass is 358 g/mol. The zero-order chi connectivity index (χ0) is 18.5. The third-order valence-corrected chi connectivity index (χ3v) is 4.04. The van der Waals surface area contributed by atoms with Crippen LogP contribution in [-0.4, -0.2) is 38.1 Å². The predicted molar refractivity (Wildman–Crippen MR) is 93.8 cm³/mol. The fraction of sp³-hybridized carbons (Fsp3) is 0.263. The molecule has 1 aliphatic rings. The first kappa shape index (κ1) is 17.7. The van der Waals surface area contributed by atoms with E-state index in [0.717, 1.165) is 0 Å². The summed E-state index contributed by atoms with van der Waals surface area (Å²) in [5, 5.41) is 2.77. The van der Waals surface area contributed by atoms with Crippen LogP contribution in [-0.2, 0) is 9.59 Å². The lowest BCUT2D eigenvalue weighted by Crippen LogP contribution is -2.39. The van der Waals surface area contributed by atoms with Crippen LogP contribution in [0.3, 0.4) is 0 Å². The summed E-state index contributed by atoms with van der Waals surface area (Å²) >= 11 is 0. The van der Waals surface area contributed by atoms with Crippen molar-refractivity contribution >= 4 is 17.5 Å². The molecule has 7 heteroatoms. The highest BCUT2D eigenvalue weighted by Crippen LogP contribution is 2.26. The van der Waals surface area contributed by atoms with Gasteiger partial charge in [0, 0.05) is 18.7 Å². The zero-order valence-corrected chi connectivity index (χ0v) is 14.3. The van der Waals surface area contributed by atoms with E-state index in [0.29, 0.717) is 23.7 Å². The third-order valence-electron chi connectivity index (χ3n) is 4.04. The number of ether oxygens (including phenoxy) is 2. The van der Waals surface area contributed by atoms with E-state index < -0.39 is 5.82 Å². The summed E-state index contributed by atoms with van der Waals surface area (Å²) in [7, 11) is 1.52. The van der Waals surface area contributed by atoms with Gasteiger partial charge in [-0.05, 0) is 30.3 Å². The van der Waals surface area contributed by atoms with E-state index in [1.54, 1.807) is 36.4 Å². The molecule has 0 bridgehead atoms. The second kappa shape index (κ2) is 7.86. The van der Waals surface area contributed by atoms with E-state index in [1.807, 2.05) is 0 Å². The van der Waals surface area contributed by atoms with Gasteiger partial charge in [-0.25, -0.2) is 4.39 Å². The van der Waals surface area contributed by atoms with Crippen LogP contribution in [0.25, 0.3) is 0 Å². The first-order valence-corrected chi connectivity index (χ1v) is 8.18. The van der Waals surface area contributed by atoms with Crippen molar-refractivity contribution in [3.63, 3.8) is 0 Å². The van der Waals surface area contributed by atoms with Gasteiger partial charge in [-0.2, -0.15) is 0 Å². The highest BCUT2D eigenvalue weighted by Gasteiger charge is 2.31. The average Bonchev–Trinajstić information content (AvgIpc) is 3.00. The second-order valence-electron chi connectivity index (χ2n) is 5.89. The quantitative estimate of drug-likeness (QED) is 0.859. The number of nitrogens with one attached hydrogen (secondary N) is 1. The number of anilines is 1. The van der Waals surface area contributed by atoms with Crippen molar-refractivity contribution in [3.8, 4) is 11.5 Å². The van der Waals surface area contributed by atoms with Crippen molar-refractivity contribution in [2.75, 3.05) is 25.2 Å². The molecule has 1 aliphatic heterocycles. The standard InChI is InChI=1S/C19H19FN2O4/c1-25-16-7-2-3-8-17(16)26-12-18(23)21-14-10-19(24)22(11-14)15-6-4-5-13(20)9-15/h2-9,14H,10-12H2,1H3,(H,21,23)/t14-/m1/s1. The SMILES string of the molecule is COc1ccccc1OCC(=O)N[C@@H]1CC(=O)N(c2cccc(F)c2)C1. The number of carbonyl (C=O) groups is 2. The van der Waals surface area contributed by atoms with E-state index in [9.17, 15) is 14.0 Å². The number of rotatable bonds is 6. The Morgan fingerprint density at radius 2 is 2.00 bits per heavy atom. The van der Waals surface area contributed by atoms with E-state index in [2.05, 4.69) is 5.32 Å². The number of methoxy groups -OCH3 is 1. The van der Waals surface area contributed by atoms with Crippen LogP contribution in [0.15, 0.2) is 48.5 Å². The number of nitrogens with zero attached hydrogens (tertiary/aromatic N) is 1. The van der Waals surface area contributed by atoms with E-state index in [4.69, 9.17) is 9.47 Å². The fourth-order valence-electron chi connectivity index (χ4n) is 2.85. The zero-order valence-electron chi connectivity index (χ0n) is 14.3. The largest absolute Gasteiger partial charge is 0.493 e. The molecule has 0 spiro atoms. The summed E-state index contributed by atoms with van der Waals surface area (Å²) in [4.78, 5) is 25.7. The van der Waals surface area contributed by atoms with Gasteiger partial charge in [0.15, 0.2) is 18.1 Å². The van der Waals surface area contributed by atoms with Crippen molar-refractivity contribution in [1.29, 1.82) is 0 Å². The number of para-hydroxylation sites is 2. The normalized spacial score (nSPS) is 16.5. The van der Waals surface area contributed by atoms with Crippen LogP contribution in [0.4, 0.5) is 10.1 Å². The van der Waals surface area contributed by atoms with Crippen LogP contribution in [0, 0.1) is 5.82 Å². The second-order valence-corrected chi connectivity index (χ2v) is 5.89. The van der Waals surface area contributed by atoms with Gasteiger partial charge < -0.3 is 19.7 Å². The number of carbonyl (C=O) groups excluding carboxylic acids is 2.